The number of fused-ring (bicyclic) bond motifs is 1. The second-order valence-electron chi connectivity index (χ2n) is 8.13. The van der Waals surface area contributed by atoms with Gasteiger partial charge < -0.3 is 25.4 Å². The average molecular weight is 480 g/mol. The third-order valence-electron chi connectivity index (χ3n) is 5.93. The number of urea groups is 1. The van der Waals surface area contributed by atoms with Crippen molar-refractivity contribution in [2.45, 2.75) is 38.1 Å². The molecule has 1 aromatic heterocycles. The van der Waals surface area contributed by atoms with Crippen molar-refractivity contribution in [1.29, 1.82) is 5.26 Å². The molecule has 0 aliphatic heterocycles. The molecule has 3 aromatic rings. The quantitative estimate of drug-likeness (QED) is 0.401. The Morgan fingerprint density at radius 1 is 1.12 bits per heavy atom. The van der Waals surface area contributed by atoms with Crippen molar-refractivity contribution in [3.63, 3.8) is 0 Å². The van der Waals surface area contributed by atoms with Gasteiger partial charge in [0.25, 0.3) is 0 Å². The predicted octanol–water partition coefficient (Wildman–Crippen LogP) is 5.97. The lowest BCUT2D eigenvalue weighted by molar-refractivity contribution is 0.244. The van der Waals surface area contributed by atoms with E-state index in [1.807, 2.05) is 0 Å². The molecule has 1 aliphatic rings. The number of rotatable bonds is 6. The van der Waals surface area contributed by atoms with Crippen LogP contribution in [-0.4, -0.2) is 31.3 Å². The maximum Gasteiger partial charge on any atom is 0.319 e. The van der Waals surface area contributed by atoms with Crippen LogP contribution < -0.4 is 25.4 Å². The number of carbonyl (C=O) groups excluding carboxylic acids is 1. The van der Waals surface area contributed by atoms with E-state index in [4.69, 9.17) is 21.1 Å². The van der Waals surface area contributed by atoms with Gasteiger partial charge in [0.15, 0.2) is 0 Å². The summed E-state index contributed by atoms with van der Waals surface area (Å²) in [6.07, 6.45) is 6.89. The number of ether oxygens (including phenoxy) is 2. The van der Waals surface area contributed by atoms with E-state index in [1.165, 1.54) is 19.7 Å². The Kier molecular flexibility index (Phi) is 7.24. The standard InChI is InChI=1S/C25H26ClN5O3/c1-33-17-8-9-19(26)21(10-17)30-24-15(13-27)14-28-20-12-23(34-2)22(11-18(20)24)31-25(32)29-16-6-4-3-5-7-16/h8-12,14,16H,3-7H2,1-2H3,(H,28,30)(H2,29,31,32). The lowest BCUT2D eigenvalue weighted by Gasteiger charge is -2.23. The van der Waals surface area contributed by atoms with Crippen molar-refractivity contribution >= 4 is 45.6 Å². The fourth-order valence-electron chi connectivity index (χ4n) is 4.16. The van der Waals surface area contributed by atoms with Crippen LogP contribution in [0, 0.1) is 11.3 Å². The number of carbonyl (C=O) groups is 1. The number of aromatic nitrogens is 1. The third kappa shape index (κ3) is 5.10. The van der Waals surface area contributed by atoms with E-state index < -0.39 is 0 Å². The van der Waals surface area contributed by atoms with Crippen molar-refractivity contribution in [2.24, 2.45) is 0 Å². The lowest BCUT2D eigenvalue weighted by Crippen LogP contribution is -2.39. The Balaban J connectivity index is 1.72. The maximum atomic E-state index is 12.7. The van der Waals surface area contributed by atoms with E-state index in [1.54, 1.807) is 37.4 Å². The zero-order valence-corrected chi connectivity index (χ0v) is 19.8. The highest BCUT2D eigenvalue weighted by Gasteiger charge is 2.19. The first-order valence-electron chi connectivity index (χ1n) is 11.1. The van der Waals surface area contributed by atoms with Gasteiger partial charge in [-0.15, -0.1) is 0 Å². The van der Waals surface area contributed by atoms with Gasteiger partial charge in [-0.3, -0.25) is 4.98 Å². The molecule has 0 saturated heterocycles. The molecule has 1 fully saturated rings. The van der Waals surface area contributed by atoms with Gasteiger partial charge in [-0.2, -0.15) is 5.26 Å². The summed E-state index contributed by atoms with van der Waals surface area (Å²) in [6, 6.07) is 10.7. The van der Waals surface area contributed by atoms with Crippen molar-refractivity contribution < 1.29 is 14.3 Å². The van der Waals surface area contributed by atoms with Crippen LogP contribution in [0.25, 0.3) is 10.9 Å². The van der Waals surface area contributed by atoms with Crippen molar-refractivity contribution in [3.8, 4) is 17.6 Å². The SMILES string of the molecule is COc1ccc(Cl)c(Nc2c(C#N)cnc3cc(OC)c(NC(=O)NC4CCCCC4)cc23)c1. The van der Waals surface area contributed by atoms with Gasteiger partial charge in [0.05, 0.1) is 47.4 Å². The molecule has 0 spiro atoms. The van der Waals surface area contributed by atoms with Crippen LogP contribution in [0.1, 0.15) is 37.7 Å². The average Bonchev–Trinajstić information content (AvgIpc) is 2.85. The number of hydrogen-bond donors (Lipinski definition) is 3. The molecule has 2 amide bonds. The first-order valence-corrected chi connectivity index (χ1v) is 11.5. The highest BCUT2D eigenvalue weighted by molar-refractivity contribution is 6.33. The van der Waals surface area contributed by atoms with Gasteiger partial charge in [-0.25, -0.2) is 4.79 Å². The van der Waals surface area contributed by atoms with Crippen LogP contribution >= 0.6 is 11.6 Å². The Morgan fingerprint density at radius 2 is 1.91 bits per heavy atom. The number of pyridine rings is 1. The second kappa shape index (κ2) is 10.5. The molecule has 4 rings (SSSR count). The van der Waals surface area contributed by atoms with Gasteiger partial charge in [0.2, 0.25) is 0 Å². The van der Waals surface area contributed by atoms with Crippen molar-refractivity contribution in [3.05, 3.63) is 47.1 Å². The van der Waals surface area contributed by atoms with E-state index in [9.17, 15) is 10.1 Å². The van der Waals surface area contributed by atoms with Gasteiger partial charge in [-0.1, -0.05) is 30.9 Å². The summed E-state index contributed by atoms with van der Waals surface area (Å²) in [5, 5.41) is 20.0. The Morgan fingerprint density at radius 3 is 2.62 bits per heavy atom. The molecule has 1 saturated carbocycles. The Hall–Kier alpha value is -3.70. The smallest absolute Gasteiger partial charge is 0.319 e. The number of nitriles is 1. The summed E-state index contributed by atoms with van der Waals surface area (Å²) in [4.78, 5) is 17.1. The van der Waals surface area contributed by atoms with Crippen LogP contribution in [0.4, 0.5) is 21.9 Å². The third-order valence-corrected chi connectivity index (χ3v) is 6.26. The second-order valence-corrected chi connectivity index (χ2v) is 8.54. The molecule has 1 heterocycles. The van der Waals surface area contributed by atoms with Gasteiger partial charge >= 0.3 is 6.03 Å². The van der Waals surface area contributed by atoms with E-state index in [2.05, 4.69) is 27.0 Å². The molecule has 176 valence electrons. The fraction of sp³-hybridized carbons (Fsp3) is 0.320. The van der Waals surface area contributed by atoms with Gasteiger partial charge in [-0.05, 0) is 31.0 Å². The van der Waals surface area contributed by atoms with Crippen LogP contribution in [0.2, 0.25) is 5.02 Å². The molecule has 0 atom stereocenters. The molecule has 8 nitrogen and oxygen atoms in total. The van der Waals surface area contributed by atoms with Crippen molar-refractivity contribution in [1.82, 2.24) is 10.3 Å². The summed E-state index contributed by atoms with van der Waals surface area (Å²) in [6.45, 7) is 0. The Bertz CT molecular complexity index is 1250. The van der Waals surface area contributed by atoms with Crippen LogP contribution in [0.3, 0.4) is 0 Å². The molecule has 1 aliphatic carbocycles. The van der Waals surface area contributed by atoms with E-state index in [0.29, 0.717) is 50.1 Å². The lowest BCUT2D eigenvalue weighted by atomic mass is 9.96. The Labute approximate surface area is 203 Å². The number of halogens is 1. The highest BCUT2D eigenvalue weighted by Crippen LogP contribution is 2.38. The van der Waals surface area contributed by atoms with E-state index >= 15 is 0 Å². The summed E-state index contributed by atoms with van der Waals surface area (Å²) in [7, 11) is 3.10. The van der Waals surface area contributed by atoms with E-state index in [-0.39, 0.29) is 12.1 Å². The largest absolute Gasteiger partial charge is 0.497 e. The summed E-state index contributed by atoms with van der Waals surface area (Å²) >= 11 is 6.39. The van der Waals surface area contributed by atoms with Crippen molar-refractivity contribution in [2.75, 3.05) is 24.9 Å². The molecule has 3 N–H and O–H groups in total. The molecule has 0 radical (unpaired) electrons. The molecular weight excluding hydrogens is 454 g/mol. The zero-order valence-electron chi connectivity index (χ0n) is 19.1. The number of nitrogens with one attached hydrogen (secondary N) is 3. The minimum Gasteiger partial charge on any atom is -0.497 e. The zero-order chi connectivity index (χ0) is 24.1. The molecular formula is C25H26ClN5O3. The first-order chi connectivity index (χ1) is 16.5. The number of methoxy groups -OCH3 is 2. The number of amides is 2. The summed E-state index contributed by atoms with van der Waals surface area (Å²) in [5.74, 6) is 1.08. The molecule has 9 heteroatoms. The monoisotopic (exact) mass is 479 g/mol. The first kappa shape index (κ1) is 23.5. The van der Waals surface area contributed by atoms with Crippen LogP contribution in [-0.2, 0) is 0 Å². The van der Waals surface area contributed by atoms with Crippen LogP contribution in [0.15, 0.2) is 36.5 Å². The molecule has 2 aromatic carbocycles. The summed E-state index contributed by atoms with van der Waals surface area (Å²) in [5.41, 5.74) is 2.48. The predicted molar refractivity (Wildman–Crippen MR) is 133 cm³/mol. The van der Waals surface area contributed by atoms with Crippen LogP contribution in [0.5, 0.6) is 11.5 Å². The number of nitrogens with zero attached hydrogens (tertiary/aromatic N) is 2. The van der Waals surface area contributed by atoms with Gasteiger partial charge in [0, 0.05) is 29.8 Å². The normalized spacial score (nSPS) is 13.7. The van der Waals surface area contributed by atoms with E-state index in [0.717, 1.165) is 25.7 Å². The van der Waals surface area contributed by atoms with Gasteiger partial charge in [0.1, 0.15) is 17.6 Å². The maximum absolute atomic E-state index is 12.7. The highest BCUT2D eigenvalue weighted by atomic mass is 35.5. The topological polar surface area (TPSA) is 108 Å². The molecule has 0 unspecified atom stereocenters. The molecule has 0 bridgehead atoms. The number of benzene rings is 2. The fourth-order valence-corrected chi connectivity index (χ4v) is 4.32. The number of anilines is 3. The number of hydrogen-bond acceptors (Lipinski definition) is 6. The summed E-state index contributed by atoms with van der Waals surface area (Å²) < 4.78 is 10.8. The molecule has 34 heavy (non-hydrogen) atoms. The minimum absolute atomic E-state index is 0.166. The minimum atomic E-state index is -0.292.